The van der Waals surface area contributed by atoms with Crippen LogP contribution in [0.15, 0.2) is 71.7 Å². The lowest BCUT2D eigenvalue weighted by molar-refractivity contribution is -0.136. The molecule has 4 aromatic rings. The van der Waals surface area contributed by atoms with E-state index in [0.717, 1.165) is 32.1 Å². The van der Waals surface area contributed by atoms with Gasteiger partial charge in [0.05, 0.1) is 36.5 Å². The second-order valence-electron chi connectivity index (χ2n) is 12.6. The molecule has 2 aromatic heterocycles. The molecule has 5 atom stereocenters. The van der Waals surface area contributed by atoms with Crippen LogP contribution in [0.4, 0.5) is 4.79 Å². The van der Waals surface area contributed by atoms with Crippen molar-refractivity contribution in [1.29, 1.82) is 0 Å². The van der Waals surface area contributed by atoms with Crippen molar-refractivity contribution in [1.82, 2.24) is 14.9 Å². The summed E-state index contributed by atoms with van der Waals surface area (Å²) in [5.41, 5.74) is 1.31. The first kappa shape index (κ1) is 29.0. The van der Waals surface area contributed by atoms with Crippen LogP contribution in [0.2, 0.25) is 0 Å². The number of hydrogen-bond acceptors (Lipinski definition) is 8. The summed E-state index contributed by atoms with van der Waals surface area (Å²) in [5.74, 6) is 1.33. The SMILES string of the molecule is COC(=O)Oc1c(Cc2ccc(C(=O)N[C@@H]3[C@@H]4C[C@@H]5C[C@H]3C[C@](O)(C5)C4)cc2OC)c(=O)c2cccnc2n1-c1ccccc1. The van der Waals surface area contributed by atoms with Crippen molar-refractivity contribution >= 4 is 23.1 Å². The van der Waals surface area contributed by atoms with Crippen LogP contribution in [0.25, 0.3) is 16.7 Å². The molecule has 8 rings (SSSR count). The molecule has 0 saturated heterocycles. The Kier molecular flexibility index (Phi) is 7.32. The van der Waals surface area contributed by atoms with E-state index in [0.29, 0.717) is 39.5 Å². The Hall–Kier alpha value is -4.70. The van der Waals surface area contributed by atoms with Gasteiger partial charge >= 0.3 is 6.16 Å². The van der Waals surface area contributed by atoms with E-state index in [4.69, 9.17) is 14.2 Å². The van der Waals surface area contributed by atoms with E-state index in [1.54, 1.807) is 41.1 Å². The zero-order valence-electron chi connectivity index (χ0n) is 25.2. The molecule has 1 amide bonds. The molecule has 0 spiro atoms. The Morgan fingerprint density at radius 1 is 1.02 bits per heavy atom. The Morgan fingerprint density at radius 2 is 1.78 bits per heavy atom. The highest BCUT2D eigenvalue weighted by Crippen LogP contribution is 2.55. The van der Waals surface area contributed by atoms with E-state index < -0.39 is 11.8 Å². The van der Waals surface area contributed by atoms with Gasteiger partial charge in [0.2, 0.25) is 5.88 Å². The van der Waals surface area contributed by atoms with E-state index in [1.807, 2.05) is 30.3 Å². The van der Waals surface area contributed by atoms with E-state index in [1.165, 1.54) is 14.2 Å². The number of hydrogen-bond donors (Lipinski definition) is 2. The number of aromatic nitrogens is 2. The standard InChI is InChI=1S/C35H35N3O7/c1-43-28-16-22(32(40)37-29-23-13-20-14-24(29)19-35(42,17-20)18-23)11-10-21(28)15-27-30(39)26-9-6-12-36-31(26)38(25-7-4-3-5-8-25)33(27)45-34(41)44-2/h3-12,16,20,23-24,29,42H,13-15,17-19H2,1-2H3,(H,37,40)/t20-,23-,24+,29-,35+. The molecule has 2 N–H and O–H groups in total. The maximum atomic E-state index is 13.9. The summed E-state index contributed by atoms with van der Waals surface area (Å²) in [7, 11) is 2.71. The summed E-state index contributed by atoms with van der Waals surface area (Å²) in [4.78, 5) is 44.4. The first-order chi connectivity index (χ1) is 21.8. The summed E-state index contributed by atoms with van der Waals surface area (Å²) in [6.07, 6.45) is 5.09. The Bertz CT molecular complexity index is 1840. The summed E-state index contributed by atoms with van der Waals surface area (Å²) in [6, 6.07) is 17.7. The molecule has 0 unspecified atom stereocenters. The number of pyridine rings is 2. The zero-order chi connectivity index (χ0) is 31.3. The topological polar surface area (TPSA) is 129 Å². The highest BCUT2D eigenvalue weighted by molar-refractivity contribution is 5.95. The van der Waals surface area contributed by atoms with E-state index in [9.17, 15) is 19.5 Å². The molecule has 2 aromatic carbocycles. The highest BCUT2D eigenvalue weighted by atomic mass is 16.7. The third-order valence-corrected chi connectivity index (χ3v) is 9.79. The monoisotopic (exact) mass is 609 g/mol. The maximum Gasteiger partial charge on any atom is 0.514 e. The van der Waals surface area contributed by atoms with Crippen molar-refractivity contribution in [2.45, 2.75) is 50.2 Å². The van der Waals surface area contributed by atoms with Crippen molar-refractivity contribution in [2.75, 3.05) is 14.2 Å². The second-order valence-corrected chi connectivity index (χ2v) is 12.6. The Labute approximate surface area is 260 Å². The Morgan fingerprint density at radius 3 is 2.47 bits per heavy atom. The van der Waals surface area contributed by atoms with Gasteiger partial charge in [0, 0.05) is 24.2 Å². The fourth-order valence-electron chi connectivity index (χ4n) is 8.12. The third-order valence-electron chi connectivity index (χ3n) is 9.79. The first-order valence-corrected chi connectivity index (χ1v) is 15.3. The molecule has 0 aliphatic heterocycles. The molecule has 4 bridgehead atoms. The molecule has 4 saturated carbocycles. The first-order valence-electron chi connectivity index (χ1n) is 15.3. The highest BCUT2D eigenvalue weighted by Gasteiger charge is 2.55. The summed E-state index contributed by atoms with van der Waals surface area (Å²) in [6.45, 7) is 0. The van der Waals surface area contributed by atoms with Gasteiger partial charge in [0.25, 0.3) is 5.91 Å². The molecule has 232 valence electrons. The molecule has 10 heteroatoms. The molecule has 4 fully saturated rings. The molecule has 2 heterocycles. The molecular weight excluding hydrogens is 574 g/mol. The lowest BCUT2D eigenvalue weighted by Gasteiger charge is -2.58. The number of methoxy groups -OCH3 is 2. The smallest absolute Gasteiger partial charge is 0.496 e. The summed E-state index contributed by atoms with van der Waals surface area (Å²) < 4.78 is 17.8. The van der Waals surface area contributed by atoms with Gasteiger partial charge in [-0.2, -0.15) is 0 Å². The number of aliphatic hydroxyl groups is 1. The van der Waals surface area contributed by atoms with Crippen molar-refractivity contribution < 1.29 is 28.9 Å². The largest absolute Gasteiger partial charge is 0.514 e. The number of carbonyl (C=O) groups excluding carboxylic acids is 2. The van der Waals surface area contributed by atoms with E-state index in [-0.39, 0.29) is 47.1 Å². The fraction of sp³-hybridized carbons (Fsp3) is 0.371. The average Bonchev–Trinajstić information content (AvgIpc) is 3.04. The second kappa shape index (κ2) is 11.3. The number of rotatable bonds is 7. The number of nitrogens with zero attached hydrogens (tertiary/aromatic N) is 2. The van der Waals surface area contributed by atoms with Crippen LogP contribution in [0, 0.1) is 17.8 Å². The molecule has 4 aliphatic carbocycles. The lowest BCUT2D eigenvalue weighted by Crippen LogP contribution is -2.61. The van der Waals surface area contributed by atoms with Crippen molar-refractivity contribution in [3.8, 4) is 17.3 Å². The Balaban J connectivity index is 1.24. The third kappa shape index (κ3) is 5.22. The number of ether oxygens (including phenoxy) is 3. The zero-order valence-corrected chi connectivity index (χ0v) is 25.2. The number of benzene rings is 2. The normalized spacial score (nSPS) is 24.8. The van der Waals surface area contributed by atoms with Gasteiger partial charge < -0.3 is 24.6 Å². The van der Waals surface area contributed by atoms with Crippen LogP contribution in [-0.4, -0.2) is 52.6 Å². The van der Waals surface area contributed by atoms with Gasteiger partial charge in [-0.15, -0.1) is 0 Å². The maximum absolute atomic E-state index is 13.9. The van der Waals surface area contributed by atoms with Crippen LogP contribution in [-0.2, 0) is 11.2 Å². The minimum Gasteiger partial charge on any atom is -0.496 e. The molecular formula is C35H35N3O7. The van der Waals surface area contributed by atoms with Gasteiger partial charge in [-0.3, -0.25) is 14.2 Å². The van der Waals surface area contributed by atoms with Crippen LogP contribution in [0.1, 0.15) is 53.6 Å². The predicted molar refractivity (Wildman–Crippen MR) is 166 cm³/mol. The minimum absolute atomic E-state index is 0.0170. The predicted octanol–water partition coefficient (Wildman–Crippen LogP) is 4.80. The number of amides is 1. The van der Waals surface area contributed by atoms with Crippen molar-refractivity contribution in [2.24, 2.45) is 17.8 Å². The van der Waals surface area contributed by atoms with Crippen molar-refractivity contribution in [3.05, 3.63) is 93.8 Å². The summed E-state index contributed by atoms with van der Waals surface area (Å²) >= 11 is 0. The number of fused-ring (bicyclic) bond motifs is 1. The molecule has 10 nitrogen and oxygen atoms in total. The van der Waals surface area contributed by atoms with E-state index in [2.05, 4.69) is 10.3 Å². The quantitative estimate of drug-likeness (QED) is 0.286. The lowest BCUT2D eigenvalue weighted by atomic mass is 9.52. The number of nitrogens with one attached hydrogen (secondary N) is 1. The van der Waals surface area contributed by atoms with Gasteiger partial charge in [0.15, 0.2) is 11.1 Å². The van der Waals surface area contributed by atoms with Crippen molar-refractivity contribution in [3.63, 3.8) is 0 Å². The average molecular weight is 610 g/mol. The minimum atomic E-state index is -0.980. The van der Waals surface area contributed by atoms with Gasteiger partial charge in [-0.05, 0) is 91.8 Å². The number of para-hydroxylation sites is 1. The summed E-state index contributed by atoms with van der Waals surface area (Å²) in [5, 5.41) is 14.6. The van der Waals surface area contributed by atoms with Gasteiger partial charge in [0.1, 0.15) is 5.75 Å². The molecule has 45 heavy (non-hydrogen) atoms. The molecule has 0 radical (unpaired) electrons. The number of carbonyl (C=O) groups is 2. The van der Waals surface area contributed by atoms with Crippen LogP contribution < -0.4 is 20.2 Å². The van der Waals surface area contributed by atoms with Gasteiger partial charge in [-0.1, -0.05) is 24.3 Å². The molecule has 4 aliphatic rings. The van der Waals surface area contributed by atoms with Crippen LogP contribution >= 0.6 is 0 Å². The van der Waals surface area contributed by atoms with E-state index >= 15 is 0 Å². The van der Waals surface area contributed by atoms with Crippen LogP contribution in [0.5, 0.6) is 11.6 Å². The fourth-order valence-corrected chi connectivity index (χ4v) is 8.12. The van der Waals surface area contributed by atoms with Crippen LogP contribution in [0.3, 0.4) is 0 Å². The van der Waals surface area contributed by atoms with Gasteiger partial charge in [-0.25, -0.2) is 9.78 Å².